The first kappa shape index (κ1) is 11.5. The molecular weight excluding hydrogens is 220 g/mol. The zero-order valence-corrected chi connectivity index (χ0v) is 10.9. The summed E-state index contributed by atoms with van der Waals surface area (Å²) in [6.45, 7) is 4.38. The van der Waals surface area contributed by atoms with Crippen molar-refractivity contribution in [3.8, 4) is 0 Å². The van der Waals surface area contributed by atoms with Gasteiger partial charge in [-0.3, -0.25) is 0 Å². The highest BCUT2D eigenvalue weighted by molar-refractivity contribution is 5.86. The molecule has 2 aromatic carbocycles. The van der Waals surface area contributed by atoms with Gasteiger partial charge in [0.2, 0.25) is 0 Å². The predicted molar refractivity (Wildman–Crippen MR) is 78.2 cm³/mol. The average Bonchev–Trinajstić information content (AvgIpc) is 2.40. The van der Waals surface area contributed by atoms with Crippen LogP contribution in [0, 0.1) is 6.92 Å². The topological polar surface area (TPSA) is 24.1 Å². The normalized spacial score (nSPS) is 19.9. The molecule has 18 heavy (non-hydrogen) atoms. The van der Waals surface area contributed by atoms with Crippen molar-refractivity contribution in [3.05, 3.63) is 42.0 Å². The molecule has 0 spiro atoms. The lowest BCUT2D eigenvalue weighted by molar-refractivity contribution is 0.480. The number of benzene rings is 2. The zero-order valence-electron chi connectivity index (χ0n) is 10.9. The summed E-state index contributed by atoms with van der Waals surface area (Å²) >= 11 is 0. The maximum Gasteiger partial charge on any atom is 0.0386 e. The molecule has 0 amide bonds. The minimum absolute atomic E-state index is 0.571. The molecule has 0 saturated carbocycles. The van der Waals surface area contributed by atoms with Crippen LogP contribution in [0.4, 0.5) is 5.69 Å². The van der Waals surface area contributed by atoms with Crippen LogP contribution in [0.15, 0.2) is 36.4 Å². The summed E-state index contributed by atoms with van der Waals surface area (Å²) < 4.78 is 0. The van der Waals surface area contributed by atoms with E-state index >= 15 is 0 Å². The fourth-order valence-corrected chi connectivity index (χ4v) is 2.67. The van der Waals surface area contributed by atoms with Crippen LogP contribution in [0.5, 0.6) is 0 Å². The fraction of sp³-hybridized carbons (Fsp3) is 0.375. The number of fused-ring (bicyclic) bond motifs is 1. The lowest BCUT2D eigenvalue weighted by Gasteiger charge is -2.25. The van der Waals surface area contributed by atoms with E-state index in [4.69, 9.17) is 0 Å². The Morgan fingerprint density at radius 2 is 1.94 bits per heavy atom. The summed E-state index contributed by atoms with van der Waals surface area (Å²) in [4.78, 5) is 0. The van der Waals surface area contributed by atoms with Gasteiger partial charge in [0.1, 0.15) is 0 Å². The van der Waals surface area contributed by atoms with Crippen molar-refractivity contribution in [1.82, 2.24) is 5.32 Å². The van der Waals surface area contributed by atoms with E-state index in [0.29, 0.717) is 6.04 Å². The third-order valence-corrected chi connectivity index (χ3v) is 3.66. The first-order valence-electron chi connectivity index (χ1n) is 6.79. The van der Waals surface area contributed by atoms with Gasteiger partial charge in [-0.05, 0) is 49.2 Å². The number of piperidine rings is 1. The van der Waals surface area contributed by atoms with Crippen molar-refractivity contribution in [2.45, 2.75) is 25.8 Å². The van der Waals surface area contributed by atoms with E-state index in [1.807, 2.05) is 0 Å². The van der Waals surface area contributed by atoms with Gasteiger partial charge in [-0.15, -0.1) is 0 Å². The third-order valence-electron chi connectivity index (χ3n) is 3.66. The number of rotatable bonds is 2. The largest absolute Gasteiger partial charge is 0.381 e. The summed E-state index contributed by atoms with van der Waals surface area (Å²) in [5.41, 5.74) is 2.56. The van der Waals surface area contributed by atoms with E-state index in [9.17, 15) is 0 Å². The van der Waals surface area contributed by atoms with Crippen LogP contribution in [0.25, 0.3) is 10.8 Å². The SMILES string of the molecule is Cc1ccc2cc(NC3CCCNC3)ccc2c1. The second-order valence-electron chi connectivity index (χ2n) is 5.25. The molecule has 0 radical (unpaired) electrons. The molecule has 1 fully saturated rings. The van der Waals surface area contributed by atoms with Gasteiger partial charge >= 0.3 is 0 Å². The van der Waals surface area contributed by atoms with Gasteiger partial charge in [-0.2, -0.15) is 0 Å². The highest BCUT2D eigenvalue weighted by Crippen LogP contribution is 2.21. The molecule has 94 valence electrons. The lowest BCUT2D eigenvalue weighted by atomic mass is 10.0. The van der Waals surface area contributed by atoms with Gasteiger partial charge in [0, 0.05) is 18.3 Å². The maximum absolute atomic E-state index is 3.63. The summed E-state index contributed by atoms with van der Waals surface area (Å²) in [6.07, 6.45) is 2.53. The van der Waals surface area contributed by atoms with Crippen LogP contribution in [0.1, 0.15) is 18.4 Å². The molecule has 1 aliphatic heterocycles. The summed E-state index contributed by atoms with van der Waals surface area (Å²) in [5, 5.41) is 9.70. The first-order valence-corrected chi connectivity index (χ1v) is 6.79. The summed E-state index contributed by atoms with van der Waals surface area (Å²) in [5.74, 6) is 0. The second-order valence-corrected chi connectivity index (χ2v) is 5.25. The Hall–Kier alpha value is -1.54. The monoisotopic (exact) mass is 240 g/mol. The number of hydrogen-bond donors (Lipinski definition) is 2. The number of anilines is 1. The maximum atomic E-state index is 3.63. The van der Waals surface area contributed by atoms with Gasteiger partial charge < -0.3 is 10.6 Å². The Kier molecular flexibility index (Phi) is 3.20. The summed E-state index contributed by atoms with van der Waals surface area (Å²) in [6, 6.07) is 13.8. The molecule has 2 heteroatoms. The molecule has 0 bridgehead atoms. The van der Waals surface area contributed by atoms with Crippen LogP contribution in [0.3, 0.4) is 0 Å². The lowest BCUT2D eigenvalue weighted by Crippen LogP contribution is -2.38. The molecule has 2 N–H and O–H groups in total. The van der Waals surface area contributed by atoms with Crippen molar-refractivity contribution in [2.75, 3.05) is 18.4 Å². The first-order chi connectivity index (χ1) is 8.81. The van der Waals surface area contributed by atoms with Gasteiger partial charge in [-0.1, -0.05) is 29.8 Å². The van der Waals surface area contributed by atoms with Crippen molar-refractivity contribution in [1.29, 1.82) is 0 Å². The van der Waals surface area contributed by atoms with Gasteiger partial charge in [0.05, 0.1) is 0 Å². The van der Waals surface area contributed by atoms with E-state index in [2.05, 4.69) is 54.0 Å². The molecule has 1 aliphatic rings. The Morgan fingerprint density at radius 1 is 1.11 bits per heavy atom. The molecule has 3 rings (SSSR count). The Balaban J connectivity index is 1.82. The minimum atomic E-state index is 0.571. The number of hydrogen-bond acceptors (Lipinski definition) is 2. The highest BCUT2D eigenvalue weighted by atomic mass is 15.0. The quantitative estimate of drug-likeness (QED) is 0.841. The number of nitrogens with one attached hydrogen (secondary N) is 2. The third kappa shape index (κ3) is 2.49. The molecule has 2 aromatic rings. The van der Waals surface area contributed by atoms with Crippen LogP contribution in [-0.2, 0) is 0 Å². The van der Waals surface area contributed by atoms with Gasteiger partial charge in [-0.25, -0.2) is 0 Å². The van der Waals surface area contributed by atoms with E-state index in [1.54, 1.807) is 0 Å². The number of aryl methyl sites for hydroxylation is 1. The van der Waals surface area contributed by atoms with E-state index in [0.717, 1.165) is 13.1 Å². The molecule has 0 aliphatic carbocycles. The molecule has 2 nitrogen and oxygen atoms in total. The Labute approximate surface area is 108 Å². The van der Waals surface area contributed by atoms with Gasteiger partial charge in [0.15, 0.2) is 0 Å². The molecule has 1 atom stereocenters. The zero-order chi connectivity index (χ0) is 12.4. The van der Waals surface area contributed by atoms with Crippen LogP contribution in [0.2, 0.25) is 0 Å². The summed E-state index contributed by atoms with van der Waals surface area (Å²) in [7, 11) is 0. The fourth-order valence-electron chi connectivity index (χ4n) is 2.67. The van der Waals surface area contributed by atoms with Crippen molar-refractivity contribution in [2.24, 2.45) is 0 Å². The van der Waals surface area contributed by atoms with E-state index in [-0.39, 0.29) is 0 Å². The average molecular weight is 240 g/mol. The second kappa shape index (κ2) is 4.99. The van der Waals surface area contributed by atoms with Gasteiger partial charge in [0.25, 0.3) is 0 Å². The molecule has 1 unspecified atom stereocenters. The molecule has 1 saturated heterocycles. The minimum Gasteiger partial charge on any atom is -0.381 e. The van der Waals surface area contributed by atoms with Crippen LogP contribution < -0.4 is 10.6 Å². The standard InChI is InChI=1S/C16H20N2/c1-12-4-5-14-10-15(7-6-13(14)9-12)18-16-3-2-8-17-11-16/h4-7,9-10,16-18H,2-3,8,11H2,1H3. The van der Waals surface area contributed by atoms with Crippen LogP contribution >= 0.6 is 0 Å². The van der Waals surface area contributed by atoms with Crippen molar-refractivity contribution >= 4 is 16.5 Å². The smallest absolute Gasteiger partial charge is 0.0386 e. The van der Waals surface area contributed by atoms with Crippen LogP contribution in [-0.4, -0.2) is 19.1 Å². The van der Waals surface area contributed by atoms with E-state index in [1.165, 1.54) is 34.9 Å². The molecular formula is C16H20N2. The Bertz CT molecular complexity index is 542. The van der Waals surface area contributed by atoms with Crippen molar-refractivity contribution < 1.29 is 0 Å². The molecule has 1 heterocycles. The van der Waals surface area contributed by atoms with E-state index < -0.39 is 0 Å². The molecule has 0 aromatic heterocycles. The predicted octanol–water partition coefficient (Wildman–Crippen LogP) is 3.31. The Morgan fingerprint density at radius 3 is 2.78 bits per heavy atom. The highest BCUT2D eigenvalue weighted by Gasteiger charge is 2.12. The van der Waals surface area contributed by atoms with Crippen molar-refractivity contribution in [3.63, 3.8) is 0 Å².